The molecule has 2 heterocycles. The Morgan fingerprint density at radius 1 is 1.53 bits per heavy atom. The maximum absolute atomic E-state index is 11.3. The fourth-order valence-electron chi connectivity index (χ4n) is 2.07. The van der Waals surface area contributed by atoms with Crippen LogP contribution in [-0.2, 0) is 9.53 Å². The Labute approximate surface area is 92.7 Å². The number of hydrogen-bond donors (Lipinski definition) is 1. The molecule has 82 valence electrons. The Morgan fingerprint density at radius 2 is 2.27 bits per heavy atom. The van der Waals surface area contributed by atoms with Crippen LogP contribution in [0.3, 0.4) is 0 Å². The maximum atomic E-state index is 11.3. The lowest BCUT2D eigenvalue weighted by molar-refractivity contribution is -0.141. The monoisotopic (exact) mass is 226 g/mol. The van der Waals surface area contributed by atoms with Gasteiger partial charge in [-0.3, -0.25) is 4.79 Å². The van der Waals surface area contributed by atoms with E-state index in [1.165, 1.54) is 11.3 Å². The molecule has 1 aliphatic rings. The lowest BCUT2D eigenvalue weighted by atomic mass is 9.85. The van der Waals surface area contributed by atoms with Crippen molar-refractivity contribution in [3.63, 3.8) is 0 Å². The number of carboxylic acids is 1. The van der Waals surface area contributed by atoms with Crippen LogP contribution in [0, 0.1) is 5.92 Å². The van der Waals surface area contributed by atoms with Gasteiger partial charge in [-0.15, -0.1) is 11.3 Å². The van der Waals surface area contributed by atoms with E-state index in [0.29, 0.717) is 13.2 Å². The van der Waals surface area contributed by atoms with E-state index in [0.717, 1.165) is 17.7 Å². The topological polar surface area (TPSA) is 46.5 Å². The maximum Gasteiger partial charge on any atom is 0.312 e. The predicted molar refractivity (Wildman–Crippen MR) is 58.2 cm³/mol. The van der Waals surface area contributed by atoms with E-state index >= 15 is 0 Å². The van der Waals surface area contributed by atoms with Crippen LogP contribution in [0.5, 0.6) is 0 Å². The highest BCUT2D eigenvalue weighted by molar-refractivity contribution is 7.10. The minimum Gasteiger partial charge on any atom is -0.481 e. The van der Waals surface area contributed by atoms with Gasteiger partial charge in [-0.05, 0) is 30.2 Å². The number of aliphatic carboxylic acids is 1. The highest BCUT2D eigenvalue weighted by atomic mass is 32.1. The van der Waals surface area contributed by atoms with Crippen molar-refractivity contribution in [2.24, 2.45) is 5.92 Å². The van der Waals surface area contributed by atoms with Crippen LogP contribution >= 0.6 is 11.3 Å². The average Bonchev–Trinajstić information content (AvgIpc) is 2.72. The molecule has 0 spiro atoms. The largest absolute Gasteiger partial charge is 0.481 e. The second-order valence-corrected chi connectivity index (χ2v) is 4.76. The van der Waals surface area contributed by atoms with Gasteiger partial charge >= 0.3 is 5.97 Å². The van der Waals surface area contributed by atoms with Crippen LogP contribution in [0.2, 0.25) is 0 Å². The molecule has 0 saturated carbocycles. The summed E-state index contributed by atoms with van der Waals surface area (Å²) < 4.78 is 5.26. The number of rotatable bonds is 3. The van der Waals surface area contributed by atoms with Crippen molar-refractivity contribution >= 4 is 17.3 Å². The summed E-state index contributed by atoms with van der Waals surface area (Å²) >= 11 is 1.53. The van der Waals surface area contributed by atoms with Crippen LogP contribution in [-0.4, -0.2) is 24.3 Å². The number of ether oxygens (including phenoxy) is 1. The lowest BCUT2D eigenvalue weighted by Gasteiger charge is -2.26. The summed E-state index contributed by atoms with van der Waals surface area (Å²) in [6.45, 7) is 1.39. The average molecular weight is 226 g/mol. The highest BCUT2D eigenvalue weighted by Gasteiger charge is 2.31. The van der Waals surface area contributed by atoms with E-state index in [1.807, 2.05) is 17.5 Å². The third kappa shape index (κ3) is 2.38. The zero-order valence-corrected chi connectivity index (χ0v) is 9.20. The predicted octanol–water partition coefficient (Wildman–Crippen LogP) is 2.34. The van der Waals surface area contributed by atoms with Gasteiger partial charge in [0, 0.05) is 18.1 Å². The van der Waals surface area contributed by atoms with Crippen LogP contribution < -0.4 is 0 Å². The fraction of sp³-hybridized carbons (Fsp3) is 0.545. The van der Waals surface area contributed by atoms with E-state index in [4.69, 9.17) is 4.74 Å². The summed E-state index contributed by atoms with van der Waals surface area (Å²) in [7, 11) is 0. The molecule has 3 nitrogen and oxygen atoms in total. The van der Waals surface area contributed by atoms with Crippen molar-refractivity contribution in [3.05, 3.63) is 22.4 Å². The van der Waals surface area contributed by atoms with Crippen LogP contribution in [0.15, 0.2) is 17.5 Å². The number of thiophene rings is 1. The Bertz CT molecular complexity index is 315. The second-order valence-electron chi connectivity index (χ2n) is 3.78. The van der Waals surface area contributed by atoms with Crippen molar-refractivity contribution in [2.45, 2.75) is 18.8 Å². The molecule has 2 rings (SSSR count). The summed E-state index contributed by atoms with van der Waals surface area (Å²) in [6.07, 6.45) is 1.71. The van der Waals surface area contributed by atoms with E-state index in [-0.39, 0.29) is 11.8 Å². The number of carbonyl (C=O) groups is 1. The van der Waals surface area contributed by atoms with Crippen LogP contribution in [0.4, 0.5) is 0 Å². The highest BCUT2D eigenvalue weighted by Crippen LogP contribution is 2.34. The SMILES string of the molecule is O=C(O)C(c1cccs1)C1CCOCC1. The first kappa shape index (κ1) is 10.6. The Morgan fingerprint density at radius 3 is 2.80 bits per heavy atom. The van der Waals surface area contributed by atoms with Gasteiger partial charge in [0.25, 0.3) is 0 Å². The summed E-state index contributed by atoms with van der Waals surface area (Å²) in [4.78, 5) is 12.2. The standard InChI is InChI=1S/C11H14O3S/c12-11(13)10(9-2-1-7-15-9)8-3-5-14-6-4-8/h1-2,7-8,10H,3-6H2,(H,12,13). The zero-order valence-electron chi connectivity index (χ0n) is 8.39. The molecule has 1 aliphatic heterocycles. The molecule has 1 aromatic rings. The molecule has 1 fully saturated rings. The molecule has 0 aromatic carbocycles. The normalized spacial score (nSPS) is 20.0. The summed E-state index contributed by atoms with van der Waals surface area (Å²) in [5, 5.41) is 11.2. The first-order valence-corrected chi connectivity index (χ1v) is 6.01. The third-order valence-corrected chi connectivity index (χ3v) is 3.81. The molecule has 1 N–H and O–H groups in total. The van der Waals surface area contributed by atoms with Crippen molar-refractivity contribution < 1.29 is 14.6 Å². The van der Waals surface area contributed by atoms with Crippen LogP contribution in [0.25, 0.3) is 0 Å². The minimum atomic E-state index is -0.704. The summed E-state index contributed by atoms with van der Waals surface area (Å²) in [6, 6.07) is 3.83. The van der Waals surface area contributed by atoms with Crippen LogP contribution in [0.1, 0.15) is 23.6 Å². The van der Waals surface area contributed by atoms with Gasteiger partial charge in [-0.25, -0.2) is 0 Å². The first-order chi connectivity index (χ1) is 7.29. The third-order valence-electron chi connectivity index (χ3n) is 2.85. The number of hydrogen-bond acceptors (Lipinski definition) is 3. The van der Waals surface area contributed by atoms with Gasteiger partial charge in [0.05, 0.1) is 5.92 Å². The van der Waals surface area contributed by atoms with Gasteiger partial charge in [-0.1, -0.05) is 6.07 Å². The first-order valence-electron chi connectivity index (χ1n) is 5.13. The molecule has 0 aliphatic carbocycles. The van der Waals surface area contributed by atoms with E-state index in [2.05, 4.69) is 0 Å². The Balaban J connectivity index is 2.15. The quantitative estimate of drug-likeness (QED) is 0.860. The van der Waals surface area contributed by atoms with Crippen molar-refractivity contribution in [1.82, 2.24) is 0 Å². The minimum absolute atomic E-state index is 0.231. The smallest absolute Gasteiger partial charge is 0.312 e. The molecule has 15 heavy (non-hydrogen) atoms. The Hall–Kier alpha value is -0.870. The molecule has 0 bridgehead atoms. The molecule has 1 atom stereocenters. The van der Waals surface area contributed by atoms with Crippen molar-refractivity contribution in [3.8, 4) is 0 Å². The molecule has 1 saturated heterocycles. The Kier molecular flexibility index (Phi) is 3.38. The molecular formula is C11H14O3S. The summed E-state index contributed by atoms with van der Waals surface area (Å²) in [5.74, 6) is -0.812. The molecule has 1 unspecified atom stereocenters. The van der Waals surface area contributed by atoms with E-state index in [1.54, 1.807) is 0 Å². The molecular weight excluding hydrogens is 212 g/mol. The second kappa shape index (κ2) is 4.77. The van der Waals surface area contributed by atoms with Gasteiger partial charge in [0.1, 0.15) is 0 Å². The van der Waals surface area contributed by atoms with Gasteiger partial charge in [0.2, 0.25) is 0 Å². The lowest BCUT2D eigenvalue weighted by Crippen LogP contribution is -2.26. The van der Waals surface area contributed by atoms with Gasteiger partial charge in [0.15, 0.2) is 0 Å². The number of carboxylic acid groups (broad SMARTS) is 1. The zero-order chi connectivity index (χ0) is 10.7. The molecule has 4 heteroatoms. The van der Waals surface area contributed by atoms with Gasteiger partial charge in [-0.2, -0.15) is 0 Å². The molecule has 1 aromatic heterocycles. The van der Waals surface area contributed by atoms with Gasteiger partial charge < -0.3 is 9.84 Å². The van der Waals surface area contributed by atoms with E-state index in [9.17, 15) is 9.90 Å². The van der Waals surface area contributed by atoms with Crippen molar-refractivity contribution in [2.75, 3.05) is 13.2 Å². The molecule has 0 amide bonds. The van der Waals surface area contributed by atoms with Crippen molar-refractivity contribution in [1.29, 1.82) is 0 Å². The fourth-order valence-corrected chi connectivity index (χ4v) is 2.98. The summed E-state index contributed by atoms with van der Waals surface area (Å²) in [5.41, 5.74) is 0. The molecule has 0 radical (unpaired) electrons. The van der Waals surface area contributed by atoms with E-state index < -0.39 is 5.97 Å².